The molecule has 0 aromatic carbocycles. The van der Waals surface area contributed by atoms with Crippen molar-refractivity contribution in [3.05, 3.63) is 11.1 Å². The van der Waals surface area contributed by atoms with Gasteiger partial charge in [-0.1, -0.05) is 11.6 Å². The van der Waals surface area contributed by atoms with Crippen LogP contribution in [0.4, 0.5) is 0 Å². The van der Waals surface area contributed by atoms with Gasteiger partial charge in [-0.05, 0) is 45.9 Å². The van der Waals surface area contributed by atoms with Crippen LogP contribution in [0.15, 0.2) is 11.1 Å². The lowest BCUT2D eigenvalue weighted by Crippen LogP contribution is -2.46. The van der Waals surface area contributed by atoms with Gasteiger partial charge in [0.25, 0.3) is 0 Å². The fourth-order valence-electron chi connectivity index (χ4n) is 1.95. The predicted molar refractivity (Wildman–Crippen MR) is 62.7 cm³/mol. The Morgan fingerprint density at radius 3 is 2.93 bits per heavy atom. The zero-order chi connectivity index (χ0) is 10.6. The molecule has 2 nitrogen and oxygen atoms in total. The van der Waals surface area contributed by atoms with Crippen LogP contribution in [-0.4, -0.2) is 36.6 Å². The molecule has 1 aliphatic rings. The van der Waals surface area contributed by atoms with Gasteiger partial charge in [-0.2, -0.15) is 0 Å². The van der Waals surface area contributed by atoms with Gasteiger partial charge < -0.3 is 5.32 Å². The number of nitrogens with one attached hydrogen (secondary N) is 1. The normalized spacial score (nSPS) is 24.7. The first kappa shape index (κ1) is 12.0. The summed E-state index contributed by atoms with van der Waals surface area (Å²) in [7, 11) is 0. The molecule has 1 saturated heterocycles. The van der Waals surface area contributed by atoms with Crippen LogP contribution in [0.3, 0.4) is 0 Å². The Labute approximate surface area is 92.3 Å². The SMILES string of the molecule is CC(=CCl)CN1CCCNC(C)(C)C1. The molecule has 3 heteroatoms. The Morgan fingerprint density at radius 2 is 2.29 bits per heavy atom. The molecule has 0 bridgehead atoms. The summed E-state index contributed by atoms with van der Waals surface area (Å²) >= 11 is 5.68. The van der Waals surface area contributed by atoms with Crippen LogP contribution in [-0.2, 0) is 0 Å². The van der Waals surface area contributed by atoms with Crippen molar-refractivity contribution in [2.45, 2.75) is 32.7 Å². The van der Waals surface area contributed by atoms with E-state index in [-0.39, 0.29) is 5.54 Å². The quantitative estimate of drug-likeness (QED) is 0.762. The summed E-state index contributed by atoms with van der Waals surface area (Å²) in [6, 6.07) is 0. The van der Waals surface area contributed by atoms with Gasteiger partial charge in [-0.15, -0.1) is 0 Å². The second-order valence-corrected chi connectivity index (χ2v) is 5.05. The van der Waals surface area contributed by atoms with Crippen molar-refractivity contribution in [2.75, 3.05) is 26.2 Å². The second kappa shape index (κ2) is 5.15. The fraction of sp³-hybridized carbons (Fsp3) is 0.818. The lowest BCUT2D eigenvalue weighted by Gasteiger charge is -2.30. The minimum atomic E-state index is 0.225. The molecule has 82 valence electrons. The van der Waals surface area contributed by atoms with Crippen LogP contribution < -0.4 is 5.32 Å². The first-order valence-electron chi connectivity index (χ1n) is 5.27. The van der Waals surface area contributed by atoms with Crippen LogP contribution in [0.25, 0.3) is 0 Å². The fourth-order valence-corrected chi connectivity index (χ4v) is 2.01. The van der Waals surface area contributed by atoms with Crippen LogP contribution in [0, 0.1) is 0 Å². The van der Waals surface area contributed by atoms with Gasteiger partial charge in [0.1, 0.15) is 0 Å². The van der Waals surface area contributed by atoms with Crippen LogP contribution in [0.5, 0.6) is 0 Å². The topological polar surface area (TPSA) is 15.3 Å². The standard InChI is InChI=1S/C11H21ClN2/c1-10(7-12)8-14-6-4-5-13-11(2,3)9-14/h7,13H,4-6,8-9H2,1-3H3. The van der Waals surface area contributed by atoms with Crippen molar-refractivity contribution >= 4 is 11.6 Å². The van der Waals surface area contributed by atoms with Crippen molar-refractivity contribution in [1.82, 2.24) is 10.2 Å². The molecule has 0 atom stereocenters. The second-order valence-electron chi connectivity index (χ2n) is 4.83. The Balaban J connectivity index is 2.51. The van der Waals surface area contributed by atoms with E-state index >= 15 is 0 Å². The molecule has 1 fully saturated rings. The molecule has 1 heterocycles. The third-order valence-electron chi connectivity index (χ3n) is 2.53. The van der Waals surface area contributed by atoms with Crippen LogP contribution in [0.2, 0.25) is 0 Å². The maximum absolute atomic E-state index is 5.68. The van der Waals surface area contributed by atoms with Crippen LogP contribution >= 0.6 is 11.6 Å². The van der Waals surface area contributed by atoms with E-state index in [9.17, 15) is 0 Å². The van der Waals surface area contributed by atoms with Crippen molar-refractivity contribution in [3.8, 4) is 0 Å². The summed E-state index contributed by atoms with van der Waals surface area (Å²) in [6.45, 7) is 11.0. The average molecular weight is 217 g/mol. The summed E-state index contributed by atoms with van der Waals surface area (Å²) in [5.41, 5.74) is 3.15. The summed E-state index contributed by atoms with van der Waals surface area (Å²) in [5.74, 6) is 0. The van der Waals surface area contributed by atoms with Crippen molar-refractivity contribution in [1.29, 1.82) is 0 Å². The van der Waals surface area contributed by atoms with E-state index in [0.717, 1.165) is 19.6 Å². The van der Waals surface area contributed by atoms with Crippen LogP contribution in [0.1, 0.15) is 27.2 Å². The highest BCUT2D eigenvalue weighted by molar-refractivity contribution is 6.25. The molecule has 1 aliphatic heterocycles. The zero-order valence-electron chi connectivity index (χ0n) is 9.44. The highest BCUT2D eigenvalue weighted by Crippen LogP contribution is 2.12. The molecule has 0 aromatic rings. The van der Waals surface area contributed by atoms with Gasteiger partial charge in [-0.3, -0.25) is 4.90 Å². The molecule has 0 aromatic heterocycles. The van der Waals surface area contributed by atoms with Crippen molar-refractivity contribution in [3.63, 3.8) is 0 Å². The maximum atomic E-state index is 5.68. The number of halogens is 1. The van der Waals surface area contributed by atoms with Crippen molar-refractivity contribution in [2.24, 2.45) is 0 Å². The Hall–Kier alpha value is -0.0500. The molecular formula is C11H21ClN2. The lowest BCUT2D eigenvalue weighted by atomic mass is 10.1. The Morgan fingerprint density at radius 1 is 1.57 bits per heavy atom. The third-order valence-corrected chi connectivity index (χ3v) is 2.91. The lowest BCUT2D eigenvalue weighted by molar-refractivity contribution is 0.247. The highest BCUT2D eigenvalue weighted by atomic mass is 35.5. The van der Waals surface area contributed by atoms with E-state index in [0.29, 0.717) is 0 Å². The maximum Gasteiger partial charge on any atom is 0.0252 e. The number of rotatable bonds is 2. The molecule has 0 radical (unpaired) electrons. The molecule has 0 aliphatic carbocycles. The summed E-state index contributed by atoms with van der Waals surface area (Å²) in [4.78, 5) is 2.47. The zero-order valence-corrected chi connectivity index (χ0v) is 10.2. The number of nitrogens with zero attached hydrogens (tertiary/aromatic N) is 1. The third kappa shape index (κ3) is 3.99. The van der Waals surface area contributed by atoms with E-state index < -0.39 is 0 Å². The predicted octanol–water partition coefficient (Wildman–Crippen LogP) is 2.20. The molecule has 1 rings (SSSR count). The molecule has 0 saturated carbocycles. The minimum absolute atomic E-state index is 0.225. The Bertz CT molecular complexity index is 211. The van der Waals surface area contributed by atoms with E-state index in [1.54, 1.807) is 5.54 Å². The molecule has 14 heavy (non-hydrogen) atoms. The number of hydrogen-bond acceptors (Lipinski definition) is 2. The summed E-state index contributed by atoms with van der Waals surface area (Å²) in [6.07, 6.45) is 1.22. The van der Waals surface area contributed by atoms with Gasteiger partial charge in [0, 0.05) is 24.2 Å². The number of hydrogen-bond donors (Lipinski definition) is 1. The first-order valence-corrected chi connectivity index (χ1v) is 5.70. The monoisotopic (exact) mass is 216 g/mol. The van der Waals surface area contributed by atoms with Gasteiger partial charge in [0.2, 0.25) is 0 Å². The first-order chi connectivity index (χ1) is 6.53. The molecule has 0 spiro atoms. The van der Waals surface area contributed by atoms with Gasteiger partial charge >= 0.3 is 0 Å². The van der Waals surface area contributed by atoms with Gasteiger partial charge in [-0.25, -0.2) is 0 Å². The van der Waals surface area contributed by atoms with Gasteiger partial charge in [0.15, 0.2) is 0 Å². The minimum Gasteiger partial charge on any atom is -0.310 e. The van der Waals surface area contributed by atoms with Crippen molar-refractivity contribution < 1.29 is 0 Å². The van der Waals surface area contributed by atoms with Gasteiger partial charge in [0.05, 0.1) is 0 Å². The average Bonchev–Trinajstić information content (AvgIpc) is 2.26. The highest BCUT2D eigenvalue weighted by Gasteiger charge is 2.23. The van der Waals surface area contributed by atoms with E-state index in [1.807, 2.05) is 0 Å². The molecule has 1 N–H and O–H groups in total. The summed E-state index contributed by atoms with van der Waals surface area (Å²) < 4.78 is 0. The molecule has 0 unspecified atom stereocenters. The van der Waals surface area contributed by atoms with E-state index in [4.69, 9.17) is 11.6 Å². The smallest absolute Gasteiger partial charge is 0.0252 e. The molecular weight excluding hydrogens is 196 g/mol. The summed E-state index contributed by atoms with van der Waals surface area (Å²) in [5, 5.41) is 3.55. The van der Waals surface area contributed by atoms with E-state index in [1.165, 1.54) is 18.5 Å². The van der Waals surface area contributed by atoms with E-state index in [2.05, 4.69) is 31.0 Å². The Kier molecular flexibility index (Phi) is 4.42. The largest absolute Gasteiger partial charge is 0.310 e. The molecule has 0 amide bonds.